The van der Waals surface area contributed by atoms with E-state index < -0.39 is 0 Å². The maximum absolute atomic E-state index is 11.9. The molecule has 3 N–H and O–H groups in total. The van der Waals surface area contributed by atoms with Crippen LogP contribution in [0.5, 0.6) is 0 Å². The van der Waals surface area contributed by atoms with Crippen LogP contribution in [0.4, 0.5) is 16.2 Å². The largest absolute Gasteiger partial charge is 0.341 e. The van der Waals surface area contributed by atoms with Crippen LogP contribution in [0.15, 0.2) is 54.6 Å². The number of benzene rings is 2. The molecule has 0 heterocycles. The summed E-state index contributed by atoms with van der Waals surface area (Å²) >= 11 is 0. The molecule has 2 rings (SSSR count). The normalized spacial score (nSPS) is 10.3. The zero-order chi connectivity index (χ0) is 16.7. The Labute approximate surface area is 135 Å². The smallest absolute Gasteiger partial charge is 0.318 e. The molecule has 5 heteroatoms. The number of carbonyl (C=O) groups excluding carboxylic acids is 2. The molecule has 0 unspecified atom stereocenters. The van der Waals surface area contributed by atoms with Crippen molar-refractivity contribution < 1.29 is 9.59 Å². The Morgan fingerprint density at radius 3 is 2.00 bits per heavy atom. The molecule has 5 nitrogen and oxygen atoms in total. The number of hydrogen-bond donors (Lipinski definition) is 3. The van der Waals surface area contributed by atoms with Crippen molar-refractivity contribution in [1.82, 2.24) is 5.32 Å². The van der Waals surface area contributed by atoms with Crippen molar-refractivity contribution in [3.05, 3.63) is 65.7 Å². The zero-order valence-corrected chi connectivity index (χ0v) is 13.1. The Balaban J connectivity index is 1.92. The standard InChI is InChI=1S/C18H19N3O2/c1-13-3-5-14(6-4-13)7-12-17(22)20-15-8-10-16(11-9-15)21-18(23)19-2/h3-12H,1-2H3,(H,20,22)(H2,19,21,23)/b12-7+. The second kappa shape index (κ2) is 7.79. The summed E-state index contributed by atoms with van der Waals surface area (Å²) in [5, 5.41) is 7.88. The van der Waals surface area contributed by atoms with Gasteiger partial charge >= 0.3 is 6.03 Å². The molecular formula is C18H19N3O2. The fourth-order valence-electron chi connectivity index (χ4n) is 1.86. The lowest BCUT2D eigenvalue weighted by Gasteiger charge is -2.06. The highest BCUT2D eigenvalue weighted by Crippen LogP contribution is 2.13. The second-order valence-electron chi connectivity index (χ2n) is 5.01. The van der Waals surface area contributed by atoms with E-state index in [1.165, 1.54) is 11.6 Å². The molecule has 0 aliphatic carbocycles. The molecule has 0 aliphatic rings. The fraction of sp³-hybridized carbons (Fsp3) is 0.111. The molecule has 23 heavy (non-hydrogen) atoms. The summed E-state index contributed by atoms with van der Waals surface area (Å²) in [5.74, 6) is -0.211. The first-order chi connectivity index (χ1) is 11.1. The fourth-order valence-corrected chi connectivity index (χ4v) is 1.86. The number of anilines is 2. The molecule has 2 aromatic rings. The Morgan fingerprint density at radius 2 is 1.43 bits per heavy atom. The van der Waals surface area contributed by atoms with Crippen LogP contribution in [-0.2, 0) is 4.79 Å². The number of amides is 3. The molecule has 2 aromatic carbocycles. The summed E-state index contributed by atoms with van der Waals surface area (Å²) in [6, 6.07) is 14.5. The van der Waals surface area contributed by atoms with E-state index in [4.69, 9.17) is 0 Å². The van der Waals surface area contributed by atoms with Crippen molar-refractivity contribution >= 4 is 29.4 Å². The molecule has 0 saturated heterocycles. The van der Waals surface area contributed by atoms with Crippen LogP contribution >= 0.6 is 0 Å². The highest BCUT2D eigenvalue weighted by atomic mass is 16.2. The lowest BCUT2D eigenvalue weighted by molar-refractivity contribution is -0.111. The first-order valence-electron chi connectivity index (χ1n) is 7.21. The van der Waals surface area contributed by atoms with Crippen LogP contribution in [0, 0.1) is 6.92 Å². The van der Waals surface area contributed by atoms with Crippen LogP contribution in [0.25, 0.3) is 6.08 Å². The first-order valence-corrected chi connectivity index (χ1v) is 7.21. The molecule has 0 saturated carbocycles. The van der Waals surface area contributed by atoms with E-state index in [1.54, 1.807) is 37.4 Å². The summed E-state index contributed by atoms with van der Waals surface area (Å²) in [6.45, 7) is 2.02. The van der Waals surface area contributed by atoms with Gasteiger partial charge < -0.3 is 16.0 Å². The topological polar surface area (TPSA) is 70.2 Å². The Morgan fingerprint density at radius 1 is 0.870 bits per heavy atom. The number of carbonyl (C=O) groups is 2. The number of nitrogens with one attached hydrogen (secondary N) is 3. The molecule has 0 aromatic heterocycles. The molecular weight excluding hydrogens is 290 g/mol. The molecule has 0 bridgehead atoms. The summed E-state index contributed by atoms with van der Waals surface area (Å²) in [7, 11) is 1.55. The monoisotopic (exact) mass is 309 g/mol. The van der Waals surface area contributed by atoms with Gasteiger partial charge in [0, 0.05) is 24.5 Å². The SMILES string of the molecule is CNC(=O)Nc1ccc(NC(=O)/C=C/c2ccc(C)cc2)cc1. The van der Waals surface area contributed by atoms with Crippen molar-refractivity contribution in [2.24, 2.45) is 0 Å². The molecule has 0 spiro atoms. The Kier molecular flexibility index (Phi) is 5.52. The third-order valence-corrected chi connectivity index (χ3v) is 3.14. The summed E-state index contributed by atoms with van der Waals surface area (Å²) in [5.41, 5.74) is 3.46. The van der Waals surface area contributed by atoms with Gasteiger partial charge in [0.1, 0.15) is 0 Å². The van der Waals surface area contributed by atoms with Crippen molar-refractivity contribution in [3.8, 4) is 0 Å². The second-order valence-corrected chi connectivity index (χ2v) is 5.01. The molecule has 0 fully saturated rings. The number of aryl methyl sites for hydroxylation is 1. The zero-order valence-electron chi connectivity index (χ0n) is 13.1. The van der Waals surface area contributed by atoms with E-state index in [-0.39, 0.29) is 11.9 Å². The predicted molar refractivity (Wildman–Crippen MR) is 93.4 cm³/mol. The van der Waals surface area contributed by atoms with E-state index in [2.05, 4.69) is 16.0 Å². The maximum Gasteiger partial charge on any atom is 0.318 e. The van der Waals surface area contributed by atoms with Crippen LogP contribution in [-0.4, -0.2) is 19.0 Å². The van der Waals surface area contributed by atoms with Crippen LogP contribution < -0.4 is 16.0 Å². The average molecular weight is 309 g/mol. The van der Waals surface area contributed by atoms with E-state index >= 15 is 0 Å². The van der Waals surface area contributed by atoms with Gasteiger partial charge in [-0.3, -0.25) is 4.79 Å². The van der Waals surface area contributed by atoms with Gasteiger partial charge in [-0.15, -0.1) is 0 Å². The van der Waals surface area contributed by atoms with Crippen molar-refractivity contribution in [2.75, 3.05) is 17.7 Å². The molecule has 3 amide bonds. The number of urea groups is 1. The summed E-state index contributed by atoms with van der Waals surface area (Å²) in [6.07, 6.45) is 3.25. The predicted octanol–water partition coefficient (Wildman–Crippen LogP) is 3.40. The van der Waals surface area contributed by atoms with Crippen molar-refractivity contribution in [1.29, 1.82) is 0 Å². The summed E-state index contributed by atoms with van der Waals surface area (Å²) < 4.78 is 0. The van der Waals surface area contributed by atoms with Crippen molar-refractivity contribution in [2.45, 2.75) is 6.92 Å². The first kappa shape index (κ1) is 16.3. The van der Waals surface area contributed by atoms with Crippen molar-refractivity contribution in [3.63, 3.8) is 0 Å². The van der Waals surface area contributed by atoms with E-state index in [0.29, 0.717) is 11.4 Å². The van der Waals surface area contributed by atoms with Gasteiger partial charge in [0.2, 0.25) is 5.91 Å². The third-order valence-electron chi connectivity index (χ3n) is 3.14. The Bertz CT molecular complexity index is 704. The average Bonchev–Trinajstić information content (AvgIpc) is 2.56. The van der Waals surface area contributed by atoms with Gasteiger partial charge in [-0.05, 0) is 42.8 Å². The van der Waals surface area contributed by atoms with Gasteiger partial charge in [-0.25, -0.2) is 4.79 Å². The summed E-state index contributed by atoms with van der Waals surface area (Å²) in [4.78, 5) is 23.1. The van der Waals surface area contributed by atoms with Crippen LogP contribution in [0.2, 0.25) is 0 Å². The Hall–Kier alpha value is -3.08. The van der Waals surface area contributed by atoms with Crippen LogP contribution in [0.1, 0.15) is 11.1 Å². The highest BCUT2D eigenvalue weighted by molar-refractivity contribution is 6.02. The molecule has 118 valence electrons. The minimum Gasteiger partial charge on any atom is -0.341 e. The minimum absolute atomic E-state index is 0.211. The van der Waals surface area contributed by atoms with Crippen LogP contribution in [0.3, 0.4) is 0 Å². The van der Waals surface area contributed by atoms with Gasteiger partial charge in [-0.1, -0.05) is 29.8 Å². The van der Waals surface area contributed by atoms with Gasteiger partial charge in [0.15, 0.2) is 0 Å². The van der Waals surface area contributed by atoms with Gasteiger partial charge in [0.05, 0.1) is 0 Å². The molecule has 0 aliphatic heterocycles. The minimum atomic E-state index is -0.289. The quantitative estimate of drug-likeness (QED) is 0.758. The number of hydrogen-bond acceptors (Lipinski definition) is 2. The molecule has 0 radical (unpaired) electrons. The van der Waals surface area contributed by atoms with Gasteiger partial charge in [-0.2, -0.15) is 0 Å². The lowest BCUT2D eigenvalue weighted by atomic mass is 10.1. The maximum atomic E-state index is 11.9. The molecule has 0 atom stereocenters. The third kappa shape index (κ3) is 5.32. The van der Waals surface area contributed by atoms with E-state index in [9.17, 15) is 9.59 Å². The number of rotatable bonds is 4. The van der Waals surface area contributed by atoms with E-state index in [1.807, 2.05) is 31.2 Å². The highest BCUT2D eigenvalue weighted by Gasteiger charge is 2.00. The van der Waals surface area contributed by atoms with E-state index in [0.717, 1.165) is 5.56 Å². The lowest BCUT2D eigenvalue weighted by Crippen LogP contribution is -2.24. The van der Waals surface area contributed by atoms with Gasteiger partial charge in [0.25, 0.3) is 0 Å².